The first kappa shape index (κ1) is 66.9. The summed E-state index contributed by atoms with van der Waals surface area (Å²) in [6, 6.07) is 6.39. The number of rotatable bonds is 24. The zero-order valence-electron chi connectivity index (χ0n) is 50.3. The van der Waals surface area contributed by atoms with E-state index in [1.54, 1.807) is 58.9 Å². The number of aliphatic hydroxyl groups excluding tert-OH is 1. The lowest BCUT2D eigenvalue weighted by atomic mass is 9.44. The number of allylic oxidation sites excluding steroid dienone is 13. The maximum atomic E-state index is 15.8. The van der Waals surface area contributed by atoms with Gasteiger partial charge < -0.3 is 53.4 Å². The molecule has 18 nitrogen and oxygen atoms in total. The van der Waals surface area contributed by atoms with E-state index in [1.165, 1.54) is 45.9 Å². The van der Waals surface area contributed by atoms with Gasteiger partial charge in [-0.1, -0.05) is 124 Å². The molecule has 0 spiro atoms. The molecule has 1 aromatic carbocycles. The van der Waals surface area contributed by atoms with Gasteiger partial charge in [-0.15, -0.1) is 0 Å². The number of amides is 1. The SMILES string of the molecule is CC/C=C\C/C=C\C/C=C\C/C=C\C/C=C\C/C=C\CCC(=O)O[C@@H](C(=O)O[C@H]1C[C@@]2(O)C(OC(=O)c3ccccc3)C3[C@](C)(C(=O)[C@H](OC(=O)OC)C(=C1C)C2(C)C)[C@@H](O)C[C@H]1OC[C@@]31OC(C)=O)[C@H](C=C(C)C)NC(=O)OC(C)(C)C. The van der Waals surface area contributed by atoms with Crippen LogP contribution in [0.1, 0.15) is 151 Å². The standard InChI is InChI=1S/C65H87NO17/c1-13-14-15-16-17-18-19-20-21-22-23-24-25-26-27-28-29-30-34-37-50(69)79-52(46(38-42(2)3)66-59(73)83-61(6,7)8)58(72)78-47-40-65(75)56(81-57(71)45-35-32-31-33-36-45)54-63(11,48(68)39-49-64(54,41-77-49)82-44(5)67)55(70)53(80-60(74)76-12)51(43(47)4)62(65,9)10/h14-15,17-18,20-21,23-24,26-27,29-33,35-36,38,46-49,52-54,56,68,75H,13,16,19,22,25,28,34,37,39-41H2,1-12H3,(H,66,73)/b15-14-,18-17-,21-20-,24-23-,27-26-,30-29-/t46-,47-,48-,49+,52+,53+,54?,56?,63+,64-,65+/m0/s1. The number of aliphatic hydroxyl groups is 2. The molecule has 1 aliphatic heterocycles. The third-order valence-corrected chi connectivity index (χ3v) is 15.7. The number of fused-ring (bicyclic) bond motifs is 5. The lowest BCUT2D eigenvalue weighted by molar-refractivity contribution is -0.346. The molecule has 2 saturated carbocycles. The second-order valence-electron chi connectivity index (χ2n) is 23.4. The number of ether oxygens (including phenoxy) is 8. The Bertz CT molecular complexity index is 2720. The van der Waals surface area contributed by atoms with Crippen molar-refractivity contribution in [1.29, 1.82) is 0 Å². The van der Waals surface area contributed by atoms with Gasteiger partial charge >= 0.3 is 36.1 Å². The summed E-state index contributed by atoms with van der Waals surface area (Å²) in [5.74, 6) is -6.42. The summed E-state index contributed by atoms with van der Waals surface area (Å²) in [5, 5.41) is 28.9. The Morgan fingerprint density at radius 3 is 1.89 bits per heavy atom. The van der Waals surface area contributed by atoms with Crippen LogP contribution in [0.3, 0.4) is 0 Å². The smallest absolute Gasteiger partial charge is 0.455 e. The van der Waals surface area contributed by atoms with Gasteiger partial charge in [-0.25, -0.2) is 19.2 Å². The van der Waals surface area contributed by atoms with E-state index in [2.05, 4.69) is 60.8 Å². The van der Waals surface area contributed by atoms with Gasteiger partial charge in [0, 0.05) is 31.6 Å². The molecule has 2 unspecified atom stereocenters. The zero-order valence-corrected chi connectivity index (χ0v) is 50.3. The van der Waals surface area contributed by atoms with E-state index < -0.39 is 125 Å². The molecule has 3 aliphatic carbocycles. The maximum Gasteiger partial charge on any atom is 0.509 e. The summed E-state index contributed by atoms with van der Waals surface area (Å²) in [5.41, 5.74) is -8.63. The van der Waals surface area contributed by atoms with Gasteiger partial charge in [0.2, 0.25) is 6.10 Å². The number of methoxy groups -OCH3 is 1. The van der Waals surface area contributed by atoms with Crippen LogP contribution in [0, 0.1) is 16.7 Å². The van der Waals surface area contributed by atoms with Crippen molar-refractivity contribution in [3.63, 3.8) is 0 Å². The average molecular weight is 1150 g/mol. The van der Waals surface area contributed by atoms with Crippen molar-refractivity contribution in [1.82, 2.24) is 5.32 Å². The van der Waals surface area contributed by atoms with Gasteiger partial charge in [0.15, 0.2) is 17.5 Å². The van der Waals surface area contributed by atoms with Crippen molar-refractivity contribution in [2.75, 3.05) is 13.7 Å². The van der Waals surface area contributed by atoms with E-state index in [4.69, 9.17) is 37.9 Å². The molecule has 83 heavy (non-hydrogen) atoms. The number of alkyl carbamates (subject to hydrolysis) is 1. The first-order valence-electron chi connectivity index (χ1n) is 28.6. The lowest BCUT2D eigenvalue weighted by Crippen LogP contribution is -2.82. The van der Waals surface area contributed by atoms with Crippen LogP contribution < -0.4 is 5.32 Å². The van der Waals surface area contributed by atoms with Crippen LogP contribution in [0.4, 0.5) is 9.59 Å². The van der Waals surface area contributed by atoms with E-state index >= 15 is 9.59 Å². The third-order valence-electron chi connectivity index (χ3n) is 15.7. The fourth-order valence-corrected chi connectivity index (χ4v) is 11.5. The molecule has 1 amide bonds. The molecule has 11 atom stereocenters. The van der Waals surface area contributed by atoms with Gasteiger partial charge in [0.25, 0.3) is 0 Å². The molecule has 1 heterocycles. The van der Waals surface area contributed by atoms with Crippen LogP contribution in [0.25, 0.3) is 0 Å². The van der Waals surface area contributed by atoms with Crippen molar-refractivity contribution in [2.24, 2.45) is 16.7 Å². The molecule has 3 fully saturated rings. The number of Topliss-reactive ketones (excluding diaryl/α,β-unsaturated/α-hetero) is 1. The molecule has 18 heteroatoms. The number of nitrogens with one attached hydrogen (secondary N) is 1. The second-order valence-corrected chi connectivity index (χ2v) is 23.4. The van der Waals surface area contributed by atoms with Crippen molar-refractivity contribution < 1.29 is 81.7 Å². The van der Waals surface area contributed by atoms with Crippen LogP contribution in [-0.4, -0.2) is 125 Å². The molecule has 0 aromatic heterocycles. The summed E-state index contributed by atoms with van der Waals surface area (Å²) in [4.78, 5) is 99.5. The topological polar surface area (TPSA) is 246 Å². The summed E-state index contributed by atoms with van der Waals surface area (Å²) < 4.78 is 47.2. The molecular weight excluding hydrogens is 1070 g/mol. The maximum absolute atomic E-state index is 15.8. The molecule has 454 valence electrons. The molecule has 3 N–H and O–H groups in total. The van der Waals surface area contributed by atoms with Crippen LogP contribution in [0.2, 0.25) is 0 Å². The quantitative estimate of drug-likeness (QED) is 0.0495. The van der Waals surface area contributed by atoms with Crippen molar-refractivity contribution in [2.45, 2.75) is 200 Å². The zero-order chi connectivity index (χ0) is 61.3. The molecule has 2 bridgehead atoms. The second kappa shape index (κ2) is 29.6. The first-order chi connectivity index (χ1) is 39.2. The number of carbonyl (C=O) groups excluding carboxylic acids is 7. The van der Waals surface area contributed by atoms with Gasteiger partial charge in [-0.05, 0) is 117 Å². The Labute approximate surface area is 489 Å². The third kappa shape index (κ3) is 16.5. The Morgan fingerprint density at radius 1 is 0.819 bits per heavy atom. The molecule has 4 aliphatic rings. The van der Waals surface area contributed by atoms with Crippen LogP contribution in [0.15, 0.2) is 126 Å². The highest BCUT2D eigenvalue weighted by Gasteiger charge is 2.78. The largest absolute Gasteiger partial charge is 0.509 e. The molecule has 1 aromatic rings. The van der Waals surface area contributed by atoms with Gasteiger partial charge in [-0.2, -0.15) is 0 Å². The monoisotopic (exact) mass is 1150 g/mol. The molecule has 5 rings (SSSR count). The van der Waals surface area contributed by atoms with Gasteiger partial charge in [0.1, 0.15) is 29.5 Å². The fraction of sp³-hybridized carbons (Fsp3) is 0.554. The van der Waals surface area contributed by atoms with E-state index in [0.29, 0.717) is 12.0 Å². The Balaban J connectivity index is 1.51. The predicted octanol–water partition coefficient (Wildman–Crippen LogP) is 10.7. The minimum atomic E-state index is -2.49. The molecule has 0 radical (unpaired) electrons. The van der Waals surface area contributed by atoms with Gasteiger partial charge in [-0.3, -0.25) is 14.4 Å². The van der Waals surface area contributed by atoms with Gasteiger partial charge in [0.05, 0.1) is 42.8 Å². The minimum absolute atomic E-state index is 0.0363. The highest BCUT2D eigenvalue weighted by molar-refractivity contribution is 5.95. The summed E-state index contributed by atoms with van der Waals surface area (Å²) in [7, 11) is 1.02. The summed E-state index contributed by atoms with van der Waals surface area (Å²) in [6.45, 7) is 17.1. The number of benzene rings is 1. The van der Waals surface area contributed by atoms with Crippen LogP contribution >= 0.6 is 0 Å². The van der Waals surface area contributed by atoms with Crippen molar-refractivity contribution in [3.8, 4) is 0 Å². The molecule has 1 saturated heterocycles. The van der Waals surface area contributed by atoms with Crippen LogP contribution in [-0.2, 0) is 57.1 Å². The number of carbonyl (C=O) groups is 7. The highest BCUT2D eigenvalue weighted by atomic mass is 16.7. The Morgan fingerprint density at radius 2 is 1.39 bits per heavy atom. The predicted molar refractivity (Wildman–Crippen MR) is 310 cm³/mol. The highest BCUT2D eigenvalue weighted by Crippen LogP contribution is 2.64. The van der Waals surface area contributed by atoms with E-state index in [1.807, 2.05) is 18.2 Å². The summed E-state index contributed by atoms with van der Waals surface area (Å²) >= 11 is 0. The Kier molecular flexibility index (Phi) is 23.8. The molecular formula is C65H87NO17. The van der Waals surface area contributed by atoms with E-state index in [0.717, 1.165) is 46.1 Å². The number of ketones is 1. The first-order valence-corrected chi connectivity index (χ1v) is 28.6. The lowest BCUT2D eigenvalue weighted by Gasteiger charge is -2.67. The average Bonchev–Trinajstić information content (AvgIpc) is 0.708. The minimum Gasteiger partial charge on any atom is -0.455 e. The number of hydrogen-bond acceptors (Lipinski definition) is 17. The number of esters is 4. The Hall–Kier alpha value is -6.89. The number of hydrogen-bond donors (Lipinski definition) is 3. The normalized spacial score (nSPS) is 27.5. The van der Waals surface area contributed by atoms with Crippen molar-refractivity contribution in [3.05, 3.63) is 132 Å². The fourth-order valence-electron chi connectivity index (χ4n) is 11.5. The summed E-state index contributed by atoms with van der Waals surface area (Å²) in [6.07, 6.45) is 18.2. The van der Waals surface area contributed by atoms with E-state index in [9.17, 15) is 34.2 Å². The van der Waals surface area contributed by atoms with Crippen molar-refractivity contribution >= 4 is 41.9 Å². The van der Waals surface area contributed by atoms with E-state index in [-0.39, 0.29) is 42.6 Å². The van der Waals surface area contributed by atoms with Crippen LogP contribution in [0.5, 0.6) is 0 Å².